The fourth-order valence-electron chi connectivity index (χ4n) is 3.19. The summed E-state index contributed by atoms with van der Waals surface area (Å²) in [5, 5.41) is 2.26. The van der Waals surface area contributed by atoms with Crippen molar-refractivity contribution in [2.24, 2.45) is 0 Å². The minimum Gasteiger partial charge on any atom is -0.494 e. The summed E-state index contributed by atoms with van der Waals surface area (Å²) in [5.74, 6) is 0.528. The van der Waals surface area contributed by atoms with Gasteiger partial charge in [-0.15, -0.1) is 0 Å². The first kappa shape index (κ1) is 21.5. The fourth-order valence-corrected chi connectivity index (χ4v) is 3.19. The number of benzene rings is 2. The molecule has 0 saturated heterocycles. The maximum absolute atomic E-state index is 11.2. The molecule has 1 heterocycles. The number of carbonyl (C=O) groups excluding carboxylic acids is 1. The van der Waals surface area contributed by atoms with Crippen LogP contribution in [0.2, 0.25) is 0 Å². The summed E-state index contributed by atoms with van der Waals surface area (Å²) in [4.78, 5) is 18.0. The monoisotopic (exact) mass is 404 g/mol. The lowest BCUT2D eigenvalue weighted by Crippen LogP contribution is -2.15. The lowest BCUT2D eigenvalue weighted by molar-refractivity contribution is -0.134. The molecule has 1 aromatic heterocycles. The minimum atomic E-state index is -0.361. The third kappa shape index (κ3) is 6.16. The Morgan fingerprint density at radius 1 is 1.10 bits per heavy atom. The summed E-state index contributed by atoms with van der Waals surface area (Å²) in [5.41, 5.74) is 3.14. The van der Waals surface area contributed by atoms with Crippen molar-refractivity contribution in [3.05, 3.63) is 77.6 Å². The smallest absolute Gasteiger partial charge is 0.330 e. The van der Waals surface area contributed by atoms with Gasteiger partial charge in [0.2, 0.25) is 0 Å². The van der Waals surface area contributed by atoms with Gasteiger partial charge in [-0.3, -0.25) is 4.98 Å². The van der Waals surface area contributed by atoms with Crippen molar-refractivity contribution >= 4 is 22.8 Å². The Labute approximate surface area is 177 Å². The first-order valence-corrected chi connectivity index (χ1v) is 10.1. The van der Waals surface area contributed by atoms with Crippen LogP contribution in [-0.4, -0.2) is 50.2 Å². The summed E-state index contributed by atoms with van der Waals surface area (Å²) < 4.78 is 10.5. The molecule has 5 nitrogen and oxygen atoms in total. The Balaban J connectivity index is 1.69. The molecule has 0 aliphatic rings. The maximum Gasteiger partial charge on any atom is 0.330 e. The quantitative estimate of drug-likeness (QED) is 0.302. The van der Waals surface area contributed by atoms with E-state index < -0.39 is 0 Å². The van der Waals surface area contributed by atoms with Crippen LogP contribution in [0.1, 0.15) is 23.2 Å². The van der Waals surface area contributed by atoms with E-state index in [1.54, 1.807) is 6.08 Å². The molecule has 0 spiro atoms. The van der Waals surface area contributed by atoms with E-state index in [9.17, 15) is 4.79 Å². The van der Waals surface area contributed by atoms with E-state index in [2.05, 4.69) is 53.0 Å². The van der Waals surface area contributed by atoms with Crippen LogP contribution < -0.4 is 4.74 Å². The Morgan fingerprint density at radius 2 is 1.90 bits per heavy atom. The highest BCUT2D eigenvalue weighted by atomic mass is 16.5. The average Bonchev–Trinajstić information content (AvgIpc) is 2.76. The van der Waals surface area contributed by atoms with Gasteiger partial charge in [-0.05, 0) is 67.4 Å². The Hall–Kier alpha value is -3.18. The van der Waals surface area contributed by atoms with E-state index in [-0.39, 0.29) is 5.97 Å². The van der Waals surface area contributed by atoms with Crippen LogP contribution in [0.4, 0.5) is 0 Å². The van der Waals surface area contributed by atoms with E-state index in [4.69, 9.17) is 4.74 Å². The Kier molecular flexibility index (Phi) is 7.57. The third-order valence-corrected chi connectivity index (χ3v) is 4.80. The van der Waals surface area contributed by atoms with Crippen molar-refractivity contribution in [3.8, 4) is 5.75 Å². The summed E-state index contributed by atoms with van der Waals surface area (Å²) in [6, 6.07) is 16.3. The van der Waals surface area contributed by atoms with Crippen molar-refractivity contribution in [1.29, 1.82) is 0 Å². The molecule has 156 valence electrons. The first-order chi connectivity index (χ1) is 14.5. The second-order valence-electron chi connectivity index (χ2n) is 7.42. The number of aromatic nitrogens is 1. The number of fused-ring (bicyclic) bond motifs is 1. The van der Waals surface area contributed by atoms with Gasteiger partial charge in [0.1, 0.15) is 5.75 Å². The molecule has 0 bridgehead atoms. The molecule has 0 unspecified atom stereocenters. The molecule has 0 aliphatic heterocycles. The Morgan fingerprint density at radius 3 is 2.63 bits per heavy atom. The van der Waals surface area contributed by atoms with Crippen LogP contribution in [-0.2, 0) is 16.0 Å². The van der Waals surface area contributed by atoms with E-state index in [0.717, 1.165) is 52.7 Å². The van der Waals surface area contributed by atoms with Gasteiger partial charge in [0.15, 0.2) is 0 Å². The summed E-state index contributed by atoms with van der Waals surface area (Å²) in [6.45, 7) is 1.72. The summed E-state index contributed by atoms with van der Waals surface area (Å²) in [6.07, 6.45) is 6.74. The summed E-state index contributed by atoms with van der Waals surface area (Å²) >= 11 is 0. The lowest BCUT2D eigenvalue weighted by Gasteiger charge is -2.11. The molecule has 0 fully saturated rings. The molecule has 0 aliphatic carbocycles. The molecule has 0 saturated carbocycles. The van der Waals surface area contributed by atoms with Gasteiger partial charge < -0.3 is 14.4 Å². The summed E-state index contributed by atoms with van der Waals surface area (Å²) in [7, 11) is 5.50. The normalized spacial score (nSPS) is 11.3. The standard InChI is InChI=1S/C25H28N2O3/c1-27(2)15-4-16-30-22-10-11-23-21(18-22)13-14-26-24(23)17-20-7-5-19(6-8-20)9-12-25(28)29-3/h5-14,18H,4,15-17H2,1-3H3/b12-9+. The molecule has 0 amide bonds. The van der Waals surface area contributed by atoms with E-state index >= 15 is 0 Å². The van der Waals surface area contributed by atoms with Crippen molar-refractivity contribution in [3.63, 3.8) is 0 Å². The van der Waals surface area contributed by atoms with Crippen molar-refractivity contribution in [1.82, 2.24) is 9.88 Å². The first-order valence-electron chi connectivity index (χ1n) is 10.1. The second kappa shape index (κ2) is 10.6. The number of hydrogen-bond acceptors (Lipinski definition) is 5. The van der Waals surface area contributed by atoms with Crippen LogP contribution in [0.5, 0.6) is 5.75 Å². The number of methoxy groups -OCH3 is 1. The van der Waals surface area contributed by atoms with Crippen molar-refractivity contribution in [2.75, 3.05) is 34.4 Å². The Bertz CT molecular complexity index is 1010. The molecule has 5 heteroatoms. The molecule has 0 N–H and O–H groups in total. The molecule has 0 radical (unpaired) electrons. The number of ether oxygens (including phenoxy) is 2. The molecule has 3 aromatic rings. The number of pyridine rings is 1. The van der Waals surface area contributed by atoms with Gasteiger partial charge in [0.05, 0.1) is 19.4 Å². The highest BCUT2D eigenvalue weighted by molar-refractivity contribution is 5.87. The van der Waals surface area contributed by atoms with Gasteiger partial charge in [-0.1, -0.05) is 24.3 Å². The van der Waals surface area contributed by atoms with Gasteiger partial charge in [-0.25, -0.2) is 4.79 Å². The number of esters is 1. The number of hydrogen-bond donors (Lipinski definition) is 0. The van der Waals surface area contributed by atoms with E-state index in [1.807, 2.05) is 30.5 Å². The predicted molar refractivity (Wildman–Crippen MR) is 121 cm³/mol. The topological polar surface area (TPSA) is 51.7 Å². The zero-order chi connectivity index (χ0) is 21.3. The molecule has 30 heavy (non-hydrogen) atoms. The number of nitrogens with zero attached hydrogens (tertiary/aromatic N) is 2. The molecule has 2 aromatic carbocycles. The zero-order valence-electron chi connectivity index (χ0n) is 17.8. The SMILES string of the molecule is COC(=O)/C=C/c1ccc(Cc2nccc3cc(OCCCN(C)C)ccc23)cc1. The number of carbonyl (C=O) groups is 1. The highest BCUT2D eigenvalue weighted by Gasteiger charge is 2.06. The van der Waals surface area contributed by atoms with Gasteiger partial charge >= 0.3 is 5.97 Å². The zero-order valence-corrected chi connectivity index (χ0v) is 17.8. The van der Waals surface area contributed by atoms with Crippen LogP contribution in [0.15, 0.2) is 60.8 Å². The van der Waals surface area contributed by atoms with Crippen LogP contribution in [0.25, 0.3) is 16.8 Å². The minimum absolute atomic E-state index is 0.361. The predicted octanol–water partition coefficient (Wildman–Crippen LogP) is 4.34. The van der Waals surface area contributed by atoms with Gasteiger partial charge in [0.25, 0.3) is 0 Å². The molecular weight excluding hydrogens is 376 g/mol. The van der Waals surface area contributed by atoms with Gasteiger partial charge in [0, 0.05) is 30.6 Å². The van der Waals surface area contributed by atoms with Crippen LogP contribution in [0.3, 0.4) is 0 Å². The van der Waals surface area contributed by atoms with E-state index in [0.29, 0.717) is 6.61 Å². The lowest BCUT2D eigenvalue weighted by atomic mass is 10.0. The molecule has 0 atom stereocenters. The van der Waals surface area contributed by atoms with Crippen LogP contribution in [0, 0.1) is 0 Å². The third-order valence-electron chi connectivity index (χ3n) is 4.80. The van der Waals surface area contributed by atoms with Crippen molar-refractivity contribution < 1.29 is 14.3 Å². The highest BCUT2D eigenvalue weighted by Crippen LogP contribution is 2.24. The maximum atomic E-state index is 11.2. The molecule has 3 rings (SSSR count). The largest absolute Gasteiger partial charge is 0.494 e. The second-order valence-corrected chi connectivity index (χ2v) is 7.42. The van der Waals surface area contributed by atoms with Gasteiger partial charge in [-0.2, -0.15) is 0 Å². The van der Waals surface area contributed by atoms with E-state index in [1.165, 1.54) is 13.2 Å². The van der Waals surface area contributed by atoms with Crippen molar-refractivity contribution in [2.45, 2.75) is 12.8 Å². The molecular formula is C25H28N2O3. The average molecular weight is 405 g/mol. The number of rotatable bonds is 9. The fraction of sp³-hybridized carbons (Fsp3) is 0.280. The van der Waals surface area contributed by atoms with Crippen LogP contribution >= 0.6 is 0 Å².